The van der Waals surface area contributed by atoms with Crippen LogP contribution >= 0.6 is 0 Å². The van der Waals surface area contributed by atoms with Gasteiger partial charge < -0.3 is 9.57 Å². The van der Waals surface area contributed by atoms with E-state index in [1.165, 1.54) is 6.33 Å². The van der Waals surface area contributed by atoms with E-state index in [9.17, 15) is 0 Å². The van der Waals surface area contributed by atoms with Crippen LogP contribution in [-0.4, -0.2) is 37.5 Å². The van der Waals surface area contributed by atoms with E-state index >= 15 is 0 Å². The van der Waals surface area contributed by atoms with Crippen LogP contribution in [0.4, 0.5) is 5.69 Å². The van der Waals surface area contributed by atoms with Gasteiger partial charge in [-0.05, 0) is 43.3 Å². The molecule has 0 radical (unpaired) electrons. The maximum absolute atomic E-state index is 6.17. The molecule has 178 valence electrons. The zero-order valence-electron chi connectivity index (χ0n) is 19.8. The highest BCUT2D eigenvalue weighted by molar-refractivity contribution is 6.10. The third kappa shape index (κ3) is 3.67. The molecule has 0 spiro atoms. The van der Waals surface area contributed by atoms with E-state index < -0.39 is 6.23 Å². The van der Waals surface area contributed by atoms with Crippen molar-refractivity contribution in [2.75, 3.05) is 12.0 Å². The Morgan fingerprint density at radius 3 is 2.25 bits per heavy atom. The summed E-state index contributed by atoms with van der Waals surface area (Å²) in [5.74, 6) is 2.19. The number of aryl methyl sites for hydroxylation is 1. The molecule has 0 aliphatic carbocycles. The fraction of sp³-hybridized carbons (Fsp3) is 0.111. The Kier molecular flexibility index (Phi) is 5.42. The van der Waals surface area contributed by atoms with Crippen LogP contribution in [0.5, 0.6) is 5.75 Å². The number of methoxy groups -OCH3 is 1. The number of benzene rings is 3. The van der Waals surface area contributed by atoms with Crippen LogP contribution in [0, 0.1) is 6.92 Å². The average Bonchev–Trinajstić information content (AvgIpc) is 3.68. The second-order valence-corrected chi connectivity index (χ2v) is 8.22. The quantitative estimate of drug-likeness (QED) is 0.354. The maximum atomic E-state index is 6.17. The number of aromatic nitrogens is 5. The molecule has 1 unspecified atom stereocenters. The molecule has 0 N–H and O–H groups in total. The molecule has 36 heavy (non-hydrogen) atoms. The van der Waals surface area contributed by atoms with Crippen LogP contribution < -0.4 is 9.64 Å². The zero-order valence-corrected chi connectivity index (χ0v) is 19.8. The number of rotatable bonds is 6. The lowest BCUT2D eigenvalue weighted by molar-refractivity contribution is 0.0862. The minimum atomic E-state index is -0.592. The van der Waals surface area contributed by atoms with E-state index in [0.29, 0.717) is 5.84 Å². The van der Waals surface area contributed by atoms with Crippen LogP contribution in [0.15, 0.2) is 103 Å². The van der Waals surface area contributed by atoms with E-state index in [0.717, 1.165) is 39.8 Å². The smallest absolute Gasteiger partial charge is 0.237 e. The van der Waals surface area contributed by atoms with Crippen molar-refractivity contribution in [1.29, 1.82) is 0 Å². The average molecular weight is 478 g/mol. The molecule has 1 aliphatic rings. The standard InChI is InChI=1S/C27H23N7O2/c1-19-24(26(32-18-28-17-29-32)34(30-19)22-11-7-4-8-12-22)27-33(21-13-15-23(35-2)16-14-21)25(31-36-27)20-9-5-3-6-10-20/h3-18,27H,1-2H3. The summed E-state index contributed by atoms with van der Waals surface area (Å²) >= 11 is 0. The molecule has 0 bridgehead atoms. The number of ether oxygens (including phenoxy) is 1. The van der Waals surface area contributed by atoms with Gasteiger partial charge in [-0.3, -0.25) is 4.90 Å². The lowest BCUT2D eigenvalue weighted by Gasteiger charge is -2.26. The topological polar surface area (TPSA) is 82.6 Å². The van der Waals surface area contributed by atoms with Crippen LogP contribution in [0.25, 0.3) is 11.5 Å². The lowest BCUT2D eigenvalue weighted by atomic mass is 10.1. The Hall–Kier alpha value is -4.92. The van der Waals surface area contributed by atoms with Gasteiger partial charge in [0.25, 0.3) is 0 Å². The molecule has 5 aromatic rings. The number of hydrogen-bond donors (Lipinski definition) is 0. The molecule has 3 heterocycles. The Balaban J connectivity index is 1.54. The third-order valence-electron chi connectivity index (χ3n) is 6.05. The molecule has 1 atom stereocenters. The Morgan fingerprint density at radius 1 is 0.861 bits per heavy atom. The normalized spacial score (nSPS) is 15.0. The summed E-state index contributed by atoms with van der Waals surface area (Å²) < 4.78 is 8.95. The van der Waals surface area contributed by atoms with E-state index in [1.807, 2.05) is 96.5 Å². The van der Waals surface area contributed by atoms with Gasteiger partial charge in [0.05, 0.1) is 24.1 Å². The fourth-order valence-electron chi connectivity index (χ4n) is 4.37. The molecule has 6 rings (SSSR count). The first-order valence-corrected chi connectivity index (χ1v) is 11.5. The third-order valence-corrected chi connectivity index (χ3v) is 6.05. The Bertz CT molecular complexity index is 1500. The maximum Gasteiger partial charge on any atom is 0.237 e. The van der Waals surface area contributed by atoms with Crippen molar-refractivity contribution in [3.63, 3.8) is 0 Å². The highest BCUT2D eigenvalue weighted by atomic mass is 16.7. The minimum absolute atomic E-state index is 0.592. The summed E-state index contributed by atoms with van der Waals surface area (Å²) in [5, 5.41) is 13.9. The summed E-state index contributed by atoms with van der Waals surface area (Å²) in [5.41, 5.74) is 4.35. The van der Waals surface area contributed by atoms with Gasteiger partial charge in [0.2, 0.25) is 6.23 Å². The fourth-order valence-corrected chi connectivity index (χ4v) is 4.37. The van der Waals surface area contributed by atoms with Gasteiger partial charge in [-0.1, -0.05) is 53.7 Å². The highest BCUT2D eigenvalue weighted by Crippen LogP contribution is 2.40. The van der Waals surface area contributed by atoms with Gasteiger partial charge in [0, 0.05) is 11.3 Å². The van der Waals surface area contributed by atoms with Gasteiger partial charge in [0.15, 0.2) is 11.7 Å². The first kappa shape index (κ1) is 21.6. The second kappa shape index (κ2) is 9.03. The van der Waals surface area contributed by atoms with Crippen molar-refractivity contribution in [2.24, 2.45) is 5.16 Å². The molecule has 9 heteroatoms. The summed E-state index contributed by atoms with van der Waals surface area (Å²) in [6, 6.07) is 27.7. The van der Waals surface area contributed by atoms with Crippen LogP contribution in [-0.2, 0) is 4.84 Å². The Morgan fingerprint density at radius 2 is 1.58 bits per heavy atom. The van der Waals surface area contributed by atoms with E-state index in [-0.39, 0.29) is 0 Å². The summed E-state index contributed by atoms with van der Waals surface area (Å²) in [6.07, 6.45) is 2.57. The van der Waals surface area contributed by atoms with Crippen molar-refractivity contribution in [1.82, 2.24) is 24.5 Å². The monoisotopic (exact) mass is 477 g/mol. The van der Waals surface area contributed by atoms with E-state index in [1.54, 1.807) is 18.1 Å². The van der Waals surface area contributed by atoms with Crippen molar-refractivity contribution >= 4 is 11.5 Å². The molecular formula is C27H23N7O2. The molecule has 3 aromatic carbocycles. The molecule has 2 aromatic heterocycles. The second-order valence-electron chi connectivity index (χ2n) is 8.22. The molecular weight excluding hydrogens is 454 g/mol. The molecule has 9 nitrogen and oxygen atoms in total. The SMILES string of the molecule is COc1ccc(N2C(c3ccccc3)=NOC2c2c(C)nn(-c3ccccc3)c2-n2cncn2)cc1. The largest absolute Gasteiger partial charge is 0.497 e. The number of oxime groups is 1. The molecule has 0 fully saturated rings. The van der Waals surface area contributed by atoms with Crippen molar-refractivity contribution in [2.45, 2.75) is 13.2 Å². The van der Waals surface area contributed by atoms with Gasteiger partial charge in [-0.2, -0.15) is 10.2 Å². The van der Waals surface area contributed by atoms with Gasteiger partial charge in [-0.25, -0.2) is 14.3 Å². The van der Waals surface area contributed by atoms with E-state index in [4.69, 9.17) is 14.7 Å². The number of amidine groups is 1. The van der Waals surface area contributed by atoms with Crippen molar-refractivity contribution < 1.29 is 9.57 Å². The van der Waals surface area contributed by atoms with Crippen LogP contribution in [0.2, 0.25) is 0 Å². The molecule has 0 saturated carbocycles. The molecule has 1 aliphatic heterocycles. The first-order valence-electron chi connectivity index (χ1n) is 11.5. The predicted molar refractivity (Wildman–Crippen MR) is 135 cm³/mol. The van der Waals surface area contributed by atoms with Crippen LogP contribution in [0.3, 0.4) is 0 Å². The summed E-state index contributed by atoms with van der Waals surface area (Å²) in [7, 11) is 1.65. The minimum Gasteiger partial charge on any atom is -0.497 e. The number of hydrogen-bond acceptors (Lipinski definition) is 7. The van der Waals surface area contributed by atoms with Gasteiger partial charge >= 0.3 is 0 Å². The van der Waals surface area contributed by atoms with Gasteiger partial charge in [0.1, 0.15) is 18.4 Å². The number of nitrogens with zero attached hydrogens (tertiary/aromatic N) is 7. The molecule has 0 amide bonds. The lowest BCUT2D eigenvalue weighted by Crippen LogP contribution is -2.32. The number of anilines is 1. The van der Waals surface area contributed by atoms with Gasteiger partial charge in [-0.15, -0.1) is 0 Å². The summed E-state index contributed by atoms with van der Waals surface area (Å²) in [4.78, 5) is 12.4. The predicted octanol–water partition coefficient (Wildman–Crippen LogP) is 4.67. The van der Waals surface area contributed by atoms with E-state index in [2.05, 4.69) is 20.1 Å². The molecule has 0 saturated heterocycles. The highest BCUT2D eigenvalue weighted by Gasteiger charge is 2.39. The zero-order chi connectivity index (χ0) is 24.5. The Labute approximate surface area is 207 Å². The number of para-hydroxylation sites is 1. The van der Waals surface area contributed by atoms with Crippen molar-refractivity contribution in [3.05, 3.63) is 114 Å². The first-order chi connectivity index (χ1) is 17.7. The summed E-state index contributed by atoms with van der Waals surface area (Å²) in [6.45, 7) is 1.96. The van der Waals surface area contributed by atoms with Crippen molar-refractivity contribution in [3.8, 4) is 17.3 Å². The van der Waals surface area contributed by atoms with Crippen LogP contribution in [0.1, 0.15) is 23.0 Å².